The Kier molecular flexibility index (Phi) is 5.09. The molecule has 0 bridgehead atoms. The largest absolute Gasteiger partial charge is 0.348 e. The third-order valence-corrected chi connectivity index (χ3v) is 5.35. The molecule has 1 aliphatic rings. The Morgan fingerprint density at radius 1 is 1.29 bits per heavy atom. The SMILES string of the molecule is CC(C)N1CCC(c2nnc3ccc(C(=O)NCc4cccc(F)c4)cn23)C1. The van der Waals surface area contributed by atoms with Crippen LogP contribution in [0, 0.1) is 5.82 Å². The van der Waals surface area contributed by atoms with Crippen LogP contribution in [0.15, 0.2) is 42.6 Å². The standard InChI is InChI=1S/C21H24FN5O/c1-14(2)26-9-8-16(12-26)20-25-24-19-7-6-17(13-27(19)20)21(28)23-11-15-4-3-5-18(22)10-15/h3-7,10,13-14,16H,8-9,11-12H2,1-2H3,(H,23,28). The first-order chi connectivity index (χ1) is 13.5. The number of amides is 1. The molecule has 146 valence electrons. The zero-order valence-corrected chi connectivity index (χ0v) is 16.1. The van der Waals surface area contributed by atoms with Crippen molar-refractivity contribution in [3.63, 3.8) is 0 Å². The van der Waals surface area contributed by atoms with Crippen LogP contribution in [0.1, 0.15) is 47.9 Å². The second-order valence-corrected chi connectivity index (χ2v) is 7.59. The fraction of sp³-hybridized carbons (Fsp3) is 0.381. The summed E-state index contributed by atoms with van der Waals surface area (Å²) in [6.07, 6.45) is 2.83. The number of carbonyl (C=O) groups excluding carboxylic acids is 1. The van der Waals surface area contributed by atoms with Gasteiger partial charge in [-0.3, -0.25) is 9.20 Å². The molecule has 1 atom stereocenters. The third-order valence-electron chi connectivity index (χ3n) is 5.35. The van der Waals surface area contributed by atoms with Crippen LogP contribution in [0.3, 0.4) is 0 Å². The van der Waals surface area contributed by atoms with Gasteiger partial charge in [0, 0.05) is 31.2 Å². The Balaban J connectivity index is 1.51. The van der Waals surface area contributed by atoms with Crippen LogP contribution in [0.2, 0.25) is 0 Å². The quantitative estimate of drug-likeness (QED) is 0.738. The lowest BCUT2D eigenvalue weighted by atomic mass is 10.1. The number of benzene rings is 1. The summed E-state index contributed by atoms with van der Waals surface area (Å²) >= 11 is 0. The predicted octanol–water partition coefficient (Wildman–Crippen LogP) is 3.00. The summed E-state index contributed by atoms with van der Waals surface area (Å²) in [6.45, 7) is 6.67. The zero-order chi connectivity index (χ0) is 19.7. The minimum Gasteiger partial charge on any atom is -0.348 e. The lowest BCUT2D eigenvalue weighted by Crippen LogP contribution is -2.28. The Bertz CT molecular complexity index is 999. The van der Waals surface area contributed by atoms with Gasteiger partial charge in [-0.05, 0) is 56.6 Å². The summed E-state index contributed by atoms with van der Waals surface area (Å²) in [5.41, 5.74) is 1.99. The van der Waals surface area contributed by atoms with Crippen LogP contribution in [0.5, 0.6) is 0 Å². The van der Waals surface area contributed by atoms with Gasteiger partial charge in [0.05, 0.1) is 5.56 Å². The fourth-order valence-electron chi connectivity index (χ4n) is 3.72. The van der Waals surface area contributed by atoms with E-state index in [2.05, 4.69) is 34.3 Å². The highest BCUT2D eigenvalue weighted by Gasteiger charge is 2.29. The van der Waals surface area contributed by atoms with Crippen molar-refractivity contribution >= 4 is 11.6 Å². The number of hydrogen-bond donors (Lipinski definition) is 1. The number of fused-ring (bicyclic) bond motifs is 1. The molecular formula is C21H24FN5O. The van der Waals surface area contributed by atoms with E-state index >= 15 is 0 Å². The van der Waals surface area contributed by atoms with E-state index in [1.807, 2.05) is 10.5 Å². The summed E-state index contributed by atoms with van der Waals surface area (Å²) in [5, 5.41) is 11.5. The molecule has 1 N–H and O–H groups in total. The minimum atomic E-state index is -0.311. The van der Waals surface area contributed by atoms with Crippen molar-refractivity contribution in [1.82, 2.24) is 24.8 Å². The molecule has 1 amide bonds. The second-order valence-electron chi connectivity index (χ2n) is 7.59. The Morgan fingerprint density at radius 3 is 2.89 bits per heavy atom. The number of rotatable bonds is 5. The molecule has 7 heteroatoms. The first-order valence-electron chi connectivity index (χ1n) is 9.62. The summed E-state index contributed by atoms with van der Waals surface area (Å²) < 4.78 is 15.2. The normalized spacial score (nSPS) is 17.5. The second kappa shape index (κ2) is 7.67. The summed E-state index contributed by atoms with van der Waals surface area (Å²) in [6, 6.07) is 10.3. The number of carbonyl (C=O) groups is 1. The van der Waals surface area contributed by atoms with E-state index in [0.717, 1.165) is 36.5 Å². The molecule has 3 heterocycles. The predicted molar refractivity (Wildman–Crippen MR) is 105 cm³/mol. The monoisotopic (exact) mass is 381 g/mol. The molecule has 0 radical (unpaired) electrons. The molecule has 1 aliphatic heterocycles. The van der Waals surface area contributed by atoms with Crippen molar-refractivity contribution in [2.75, 3.05) is 13.1 Å². The van der Waals surface area contributed by atoms with Gasteiger partial charge in [-0.1, -0.05) is 12.1 Å². The van der Waals surface area contributed by atoms with Gasteiger partial charge in [0.15, 0.2) is 5.65 Å². The van der Waals surface area contributed by atoms with Crippen LogP contribution in [-0.2, 0) is 6.54 Å². The van der Waals surface area contributed by atoms with Gasteiger partial charge < -0.3 is 10.2 Å². The highest BCUT2D eigenvalue weighted by atomic mass is 19.1. The maximum Gasteiger partial charge on any atom is 0.253 e. The first-order valence-corrected chi connectivity index (χ1v) is 9.62. The molecule has 0 spiro atoms. The van der Waals surface area contributed by atoms with Crippen molar-refractivity contribution in [1.29, 1.82) is 0 Å². The van der Waals surface area contributed by atoms with E-state index in [4.69, 9.17) is 0 Å². The number of aromatic nitrogens is 3. The maximum absolute atomic E-state index is 13.3. The number of nitrogens with one attached hydrogen (secondary N) is 1. The molecule has 3 aromatic rings. The van der Waals surface area contributed by atoms with Crippen molar-refractivity contribution in [2.45, 2.75) is 38.8 Å². The average Bonchev–Trinajstić information content (AvgIpc) is 3.32. The van der Waals surface area contributed by atoms with E-state index in [-0.39, 0.29) is 18.3 Å². The topological polar surface area (TPSA) is 62.5 Å². The summed E-state index contributed by atoms with van der Waals surface area (Å²) in [5.74, 6) is 0.691. The zero-order valence-electron chi connectivity index (χ0n) is 16.1. The van der Waals surface area contributed by atoms with Crippen LogP contribution in [-0.4, -0.2) is 44.5 Å². The van der Waals surface area contributed by atoms with E-state index in [1.165, 1.54) is 12.1 Å². The molecule has 1 fully saturated rings. The molecule has 1 saturated heterocycles. The number of nitrogens with zero attached hydrogens (tertiary/aromatic N) is 4. The smallest absolute Gasteiger partial charge is 0.253 e. The Morgan fingerprint density at radius 2 is 2.14 bits per heavy atom. The number of likely N-dealkylation sites (tertiary alicyclic amines) is 1. The highest BCUT2D eigenvalue weighted by Crippen LogP contribution is 2.27. The Hall–Kier alpha value is -2.80. The highest BCUT2D eigenvalue weighted by molar-refractivity contribution is 5.94. The number of halogens is 1. The van der Waals surface area contributed by atoms with Crippen molar-refractivity contribution in [2.24, 2.45) is 0 Å². The number of pyridine rings is 1. The van der Waals surface area contributed by atoms with Crippen LogP contribution in [0.25, 0.3) is 5.65 Å². The van der Waals surface area contributed by atoms with E-state index in [0.29, 0.717) is 17.5 Å². The molecule has 4 rings (SSSR count). The van der Waals surface area contributed by atoms with Gasteiger partial charge >= 0.3 is 0 Å². The molecule has 2 aromatic heterocycles. The average molecular weight is 381 g/mol. The molecular weight excluding hydrogens is 357 g/mol. The lowest BCUT2D eigenvalue weighted by Gasteiger charge is -2.19. The molecule has 0 saturated carbocycles. The van der Waals surface area contributed by atoms with Crippen molar-refractivity contribution in [3.05, 3.63) is 65.4 Å². The van der Waals surface area contributed by atoms with Gasteiger partial charge in [0.2, 0.25) is 0 Å². The van der Waals surface area contributed by atoms with Gasteiger partial charge in [0.1, 0.15) is 11.6 Å². The van der Waals surface area contributed by atoms with Gasteiger partial charge in [-0.15, -0.1) is 10.2 Å². The van der Waals surface area contributed by atoms with Gasteiger partial charge in [-0.2, -0.15) is 0 Å². The van der Waals surface area contributed by atoms with Crippen LogP contribution in [0.4, 0.5) is 4.39 Å². The van der Waals surface area contributed by atoms with E-state index in [1.54, 1.807) is 24.4 Å². The van der Waals surface area contributed by atoms with E-state index < -0.39 is 0 Å². The van der Waals surface area contributed by atoms with Crippen molar-refractivity contribution < 1.29 is 9.18 Å². The van der Waals surface area contributed by atoms with Gasteiger partial charge in [0.25, 0.3) is 5.91 Å². The van der Waals surface area contributed by atoms with E-state index in [9.17, 15) is 9.18 Å². The van der Waals surface area contributed by atoms with Crippen LogP contribution >= 0.6 is 0 Å². The minimum absolute atomic E-state index is 0.207. The van der Waals surface area contributed by atoms with Crippen molar-refractivity contribution in [3.8, 4) is 0 Å². The summed E-state index contributed by atoms with van der Waals surface area (Å²) in [4.78, 5) is 15.0. The lowest BCUT2D eigenvalue weighted by molar-refractivity contribution is 0.0950. The Labute approximate surface area is 163 Å². The number of hydrogen-bond acceptors (Lipinski definition) is 4. The van der Waals surface area contributed by atoms with Crippen LogP contribution < -0.4 is 5.32 Å². The van der Waals surface area contributed by atoms with Gasteiger partial charge in [-0.25, -0.2) is 4.39 Å². The summed E-state index contributed by atoms with van der Waals surface area (Å²) in [7, 11) is 0. The molecule has 0 aliphatic carbocycles. The fourth-order valence-corrected chi connectivity index (χ4v) is 3.72. The molecule has 6 nitrogen and oxygen atoms in total. The molecule has 1 unspecified atom stereocenters. The molecule has 28 heavy (non-hydrogen) atoms. The maximum atomic E-state index is 13.3. The third kappa shape index (κ3) is 3.75. The first kappa shape index (κ1) is 18.6. The molecule has 1 aromatic carbocycles.